The lowest BCUT2D eigenvalue weighted by Crippen LogP contribution is -2.19. The first-order chi connectivity index (χ1) is 15.9. The van der Waals surface area contributed by atoms with Gasteiger partial charge in [0.2, 0.25) is 0 Å². The maximum Gasteiger partial charge on any atom is 0.339 e. The van der Waals surface area contributed by atoms with Crippen molar-refractivity contribution < 1.29 is 47.7 Å². The fraction of sp³-hybridized carbons (Fsp3) is 0.273. The molecule has 1 rings (SSSR count). The third kappa shape index (κ3) is 8.45. The summed E-state index contributed by atoms with van der Waals surface area (Å²) < 4.78 is 19.4. The maximum absolute atomic E-state index is 12.4. The molecule has 10 nitrogen and oxygen atoms in total. The van der Waals surface area contributed by atoms with E-state index < -0.39 is 56.6 Å². The molecule has 0 amide bonds. The Morgan fingerprint density at radius 3 is 1.18 bits per heavy atom. The predicted octanol–water partition coefficient (Wildman–Crippen LogP) is 3.00. The van der Waals surface area contributed by atoms with Crippen molar-refractivity contribution in [1.82, 2.24) is 0 Å². The molecule has 1 aromatic rings. The number of carbonyl (C=O) groups excluding carboxylic acids is 6. The smallest absolute Gasteiger partial charge is 0.339 e. The molecule has 0 fully saturated rings. The molecule has 0 heterocycles. The van der Waals surface area contributed by atoms with E-state index in [1.807, 2.05) is 0 Å². The minimum absolute atomic E-state index is 0.142. The molecule has 0 aliphatic rings. The van der Waals surface area contributed by atoms with Crippen LogP contribution in [0.2, 0.25) is 0 Å². The minimum atomic E-state index is -1.14. The van der Waals surface area contributed by atoms with Gasteiger partial charge < -0.3 is 18.9 Å². The summed E-state index contributed by atoms with van der Waals surface area (Å²) in [6.07, 6.45) is 0. The van der Waals surface area contributed by atoms with E-state index in [4.69, 9.17) is 42.1 Å². The Labute approximate surface area is 204 Å². The van der Waals surface area contributed by atoms with Gasteiger partial charge in [0, 0.05) is 22.3 Å². The molecule has 0 aliphatic heterocycles. The van der Waals surface area contributed by atoms with Crippen molar-refractivity contribution in [3.63, 3.8) is 0 Å². The molecule has 12 heteroatoms. The van der Waals surface area contributed by atoms with Crippen molar-refractivity contribution in [2.45, 2.75) is 13.8 Å². The number of carbonyl (C=O) groups is 6. The molecule has 0 spiro atoms. The van der Waals surface area contributed by atoms with Crippen LogP contribution < -0.4 is 0 Å². The number of hydrogen-bond acceptors (Lipinski definition) is 10. The third-order valence-electron chi connectivity index (χ3n) is 3.82. The van der Waals surface area contributed by atoms with Gasteiger partial charge in [0.25, 0.3) is 10.5 Å². The van der Waals surface area contributed by atoms with Crippen molar-refractivity contribution in [2.24, 2.45) is 0 Å². The Balaban J connectivity index is 3.04. The van der Waals surface area contributed by atoms with E-state index in [-0.39, 0.29) is 37.6 Å². The second-order valence-corrected chi connectivity index (χ2v) is 7.28. The molecule has 0 saturated carbocycles. The molecule has 0 bridgehead atoms. The third-order valence-corrected chi connectivity index (χ3v) is 4.22. The van der Waals surface area contributed by atoms with E-state index in [1.165, 1.54) is 13.8 Å². The van der Waals surface area contributed by atoms with E-state index in [0.717, 1.165) is 12.1 Å². The van der Waals surface area contributed by atoms with Gasteiger partial charge in [-0.25, -0.2) is 19.2 Å². The van der Waals surface area contributed by atoms with E-state index in [2.05, 4.69) is 13.2 Å². The highest BCUT2D eigenvalue weighted by Gasteiger charge is 2.26. The Kier molecular flexibility index (Phi) is 11.1. The van der Waals surface area contributed by atoms with Crippen LogP contribution in [0.25, 0.3) is 0 Å². The lowest BCUT2D eigenvalue weighted by molar-refractivity contribution is -0.140. The molecule has 182 valence electrons. The van der Waals surface area contributed by atoms with Gasteiger partial charge in [-0.05, 0) is 49.2 Å². The summed E-state index contributed by atoms with van der Waals surface area (Å²) in [7, 11) is 0. The minimum Gasteiger partial charge on any atom is -0.459 e. The molecule has 0 atom stereocenters. The monoisotopic (exact) mass is 514 g/mol. The fourth-order valence-electron chi connectivity index (χ4n) is 2.20. The summed E-state index contributed by atoms with van der Waals surface area (Å²) in [5.41, 5.74) is -1.56. The van der Waals surface area contributed by atoms with Gasteiger partial charge in [0.1, 0.15) is 26.4 Å². The molecule has 0 unspecified atom stereocenters. The predicted molar refractivity (Wildman–Crippen MR) is 119 cm³/mol. The van der Waals surface area contributed by atoms with Crippen LogP contribution in [0.5, 0.6) is 0 Å². The first kappa shape index (κ1) is 28.5. The summed E-state index contributed by atoms with van der Waals surface area (Å²) in [4.78, 5) is 71.2. The lowest BCUT2D eigenvalue weighted by Gasteiger charge is -2.13. The van der Waals surface area contributed by atoms with Crippen LogP contribution in [0, 0.1) is 0 Å². The Hall–Kier alpha value is -3.50. The topological polar surface area (TPSA) is 139 Å². The molecular formula is C22H20Cl2O10. The van der Waals surface area contributed by atoms with Gasteiger partial charge in [0.15, 0.2) is 0 Å². The molecule has 0 radical (unpaired) electrons. The van der Waals surface area contributed by atoms with Gasteiger partial charge in [-0.15, -0.1) is 0 Å². The largest absolute Gasteiger partial charge is 0.459 e. The second kappa shape index (κ2) is 13.3. The fourth-order valence-corrected chi connectivity index (χ4v) is 2.51. The zero-order valence-corrected chi connectivity index (χ0v) is 19.7. The standard InChI is InChI=1S/C22H20Cl2O10/c1-11(2)19(27)31-5-7-33-21(29)15-9-14(18(24)26)16(10-13(15)17(23)25)22(30)34-8-6-32-20(28)12(3)4/h9-10H,1,3,5-8H2,2,4H3. The number of hydrogen-bond donors (Lipinski definition) is 0. The van der Waals surface area contributed by atoms with Crippen molar-refractivity contribution in [3.05, 3.63) is 58.7 Å². The van der Waals surface area contributed by atoms with E-state index in [0.29, 0.717) is 0 Å². The van der Waals surface area contributed by atoms with E-state index >= 15 is 0 Å². The summed E-state index contributed by atoms with van der Waals surface area (Å²) in [5, 5.41) is -2.28. The van der Waals surface area contributed by atoms with Crippen molar-refractivity contribution in [2.75, 3.05) is 26.4 Å². The van der Waals surface area contributed by atoms with Crippen LogP contribution >= 0.6 is 23.2 Å². The van der Waals surface area contributed by atoms with Gasteiger partial charge in [0.05, 0.1) is 11.1 Å². The van der Waals surface area contributed by atoms with Crippen molar-refractivity contribution in [3.8, 4) is 0 Å². The summed E-state index contributed by atoms with van der Waals surface area (Å²) in [6.45, 7) is 8.27. The Bertz CT molecular complexity index is 974. The van der Waals surface area contributed by atoms with Crippen LogP contribution in [-0.4, -0.2) is 60.8 Å². The summed E-state index contributed by atoms with van der Waals surface area (Å²) in [6, 6.07) is 1.70. The van der Waals surface area contributed by atoms with E-state index in [9.17, 15) is 28.8 Å². The first-order valence-corrected chi connectivity index (χ1v) is 10.2. The SMILES string of the molecule is C=C(C)C(=O)OCCOC(=O)c1cc(C(=O)Cl)c(C(=O)OCCOC(=O)C(=C)C)cc1C(=O)Cl. The van der Waals surface area contributed by atoms with Crippen LogP contribution in [0.15, 0.2) is 36.4 Å². The summed E-state index contributed by atoms with van der Waals surface area (Å²) >= 11 is 11.1. The van der Waals surface area contributed by atoms with Crippen LogP contribution in [-0.2, 0) is 28.5 Å². The van der Waals surface area contributed by atoms with Crippen LogP contribution in [0.1, 0.15) is 55.3 Å². The highest BCUT2D eigenvalue weighted by atomic mass is 35.5. The zero-order valence-electron chi connectivity index (χ0n) is 18.2. The number of esters is 4. The highest BCUT2D eigenvalue weighted by Crippen LogP contribution is 2.23. The first-order valence-electron chi connectivity index (χ1n) is 9.44. The number of rotatable bonds is 12. The number of ether oxygens (including phenoxy) is 4. The number of benzene rings is 1. The molecule has 0 aromatic heterocycles. The van der Waals surface area contributed by atoms with Crippen LogP contribution in [0.3, 0.4) is 0 Å². The molecule has 1 aromatic carbocycles. The van der Waals surface area contributed by atoms with Gasteiger partial charge >= 0.3 is 23.9 Å². The zero-order chi connectivity index (χ0) is 26.0. The quantitative estimate of drug-likeness (QED) is 0.134. The molecule has 34 heavy (non-hydrogen) atoms. The molecular weight excluding hydrogens is 495 g/mol. The molecule has 0 N–H and O–H groups in total. The van der Waals surface area contributed by atoms with Gasteiger partial charge in [-0.2, -0.15) is 0 Å². The number of halogens is 2. The molecule has 0 aliphatic carbocycles. The van der Waals surface area contributed by atoms with Crippen molar-refractivity contribution >= 4 is 57.6 Å². The van der Waals surface area contributed by atoms with E-state index in [1.54, 1.807) is 0 Å². The lowest BCUT2D eigenvalue weighted by atomic mass is 9.99. The highest BCUT2D eigenvalue weighted by molar-refractivity contribution is 6.69. The van der Waals surface area contributed by atoms with Crippen LogP contribution in [0.4, 0.5) is 0 Å². The molecule has 0 saturated heterocycles. The maximum atomic E-state index is 12.4. The summed E-state index contributed by atoms with van der Waals surface area (Å²) in [5.74, 6) is -3.58. The normalized spacial score (nSPS) is 10.0. The van der Waals surface area contributed by atoms with Gasteiger partial charge in [-0.3, -0.25) is 9.59 Å². The Morgan fingerprint density at radius 2 is 0.912 bits per heavy atom. The average molecular weight is 515 g/mol. The second-order valence-electron chi connectivity index (χ2n) is 6.60. The average Bonchev–Trinajstić information content (AvgIpc) is 2.77. The van der Waals surface area contributed by atoms with Gasteiger partial charge in [-0.1, -0.05) is 13.2 Å². The Morgan fingerprint density at radius 1 is 0.618 bits per heavy atom. The van der Waals surface area contributed by atoms with Crippen molar-refractivity contribution in [1.29, 1.82) is 0 Å².